The number of hydrogen-bond donors (Lipinski definition) is 1. The SMILES string of the molecule is CC1(C)CCC(c2ccc(Cl)cc2)=C(CN2CCN(C(=O)O)CC2)C1. The second kappa shape index (κ2) is 7.38. The van der Waals surface area contributed by atoms with E-state index in [1.807, 2.05) is 12.1 Å². The van der Waals surface area contributed by atoms with Crippen molar-refractivity contribution in [3.63, 3.8) is 0 Å². The van der Waals surface area contributed by atoms with Crippen LogP contribution >= 0.6 is 11.6 Å². The van der Waals surface area contributed by atoms with Gasteiger partial charge in [0.1, 0.15) is 0 Å². The van der Waals surface area contributed by atoms with Gasteiger partial charge in [0.05, 0.1) is 0 Å². The Morgan fingerprint density at radius 2 is 1.80 bits per heavy atom. The number of carboxylic acid groups (broad SMARTS) is 1. The highest BCUT2D eigenvalue weighted by molar-refractivity contribution is 6.30. The summed E-state index contributed by atoms with van der Waals surface area (Å²) < 4.78 is 0. The summed E-state index contributed by atoms with van der Waals surface area (Å²) in [5, 5.41) is 9.89. The fourth-order valence-electron chi connectivity index (χ4n) is 3.93. The molecule has 1 aliphatic heterocycles. The first-order valence-electron chi connectivity index (χ1n) is 9.01. The summed E-state index contributed by atoms with van der Waals surface area (Å²) >= 11 is 6.05. The minimum atomic E-state index is -0.806. The van der Waals surface area contributed by atoms with E-state index in [2.05, 4.69) is 30.9 Å². The summed E-state index contributed by atoms with van der Waals surface area (Å²) in [4.78, 5) is 15.0. The zero-order chi connectivity index (χ0) is 18.0. The monoisotopic (exact) mass is 362 g/mol. The number of piperazine rings is 1. The van der Waals surface area contributed by atoms with E-state index in [1.54, 1.807) is 0 Å². The smallest absolute Gasteiger partial charge is 0.407 e. The number of nitrogens with zero attached hydrogens (tertiary/aromatic N) is 2. The van der Waals surface area contributed by atoms with Gasteiger partial charge in [-0.2, -0.15) is 0 Å². The molecule has 1 aromatic rings. The second-order valence-electron chi connectivity index (χ2n) is 7.98. The minimum absolute atomic E-state index is 0.328. The van der Waals surface area contributed by atoms with Crippen molar-refractivity contribution < 1.29 is 9.90 Å². The minimum Gasteiger partial charge on any atom is -0.465 e. The van der Waals surface area contributed by atoms with E-state index in [4.69, 9.17) is 16.7 Å². The number of carbonyl (C=O) groups is 1. The lowest BCUT2D eigenvalue weighted by atomic mass is 9.73. The Balaban J connectivity index is 1.78. The maximum absolute atomic E-state index is 11.1. The summed E-state index contributed by atoms with van der Waals surface area (Å²) in [6.07, 6.45) is 2.59. The largest absolute Gasteiger partial charge is 0.465 e. The first-order chi connectivity index (χ1) is 11.8. The van der Waals surface area contributed by atoms with Crippen LogP contribution in [0.15, 0.2) is 29.8 Å². The quantitative estimate of drug-likeness (QED) is 0.854. The molecule has 0 spiro atoms. The number of amides is 1. The van der Waals surface area contributed by atoms with Crippen molar-refractivity contribution in [1.29, 1.82) is 0 Å². The van der Waals surface area contributed by atoms with E-state index in [0.29, 0.717) is 18.5 Å². The molecule has 0 saturated carbocycles. The lowest BCUT2D eigenvalue weighted by Gasteiger charge is -2.38. The average molecular weight is 363 g/mol. The van der Waals surface area contributed by atoms with Crippen LogP contribution in [0.25, 0.3) is 5.57 Å². The Bertz CT molecular complexity index is 659. The highest BCUT2D eigenvalue weighted by atomic mass is 35.5. The lowest BCUT2D eigenvalue weighted by molar-refractivity contribution is 0.108. The van der Waals surface area contributed by atoms with Crippen molar-refractivity contribution in [3.05, 3.63) is 40.4 Å². The number of halogens is 1. The third-order valence-corrected chi connectivity index (χ3v) is 5.67. The summed E-state index contributed by atoms with van der Waals surface area (Å²) in [6, 6.07) is 8.18. The molecule has 0 atom stereocenters. The summed E-state index contributed by atoms with van der Waals surface area (Å²) in [7, 11) is 0. The first-order valence-corrected chi connectivity index (χ1v) is 9.39. The Hall–Kier alpha value is -1.52. The molecule has 1 aromatic carbocycles. The van der Waals surface area contributed by atoms with Crippen LogP contribution in [0.3, 0.4) is 0 Å². The molecule has 1 aliphatic carbocycles. The lowest BCUT2D eigenvalue weighted by Crippen LogP contribution is -2.48. The standard InChI is InChI=1S/C20H27ClN2O2/c1-20(2)8-7-18(15-3-5-17(21)6-4-15)16(13-20)14-22-9-11-23(12-10-22)19(24)25/h3-6H,7-14H2,1-2H3,(H,24,25). The van der Waals surface area contributed by atoms with Gasteiger partial charge in [-0.15, -0.1) is 0 Å². The summed E-state index contributed by atoms with van der Waals surface area (Å²) in [5.74, 6) is 0. The number of allylic oxidation sites excluding steroid dienone is 1. The molecule has 1 fully saturated rings. The van der Waals surface area contributed by atoms with Crippen molar-refractivity contribution in [2.24, 2.45) is 5.41 Å². The van der Waals surface area contributed by atoms with Crippen LogP contribution in [-0.4, -0.2) is 53.7 Å². The highest BCUT2D eigenvalue weighted by Crippen LogP contribution is 2.42. The Morgan fingerprint density at radius 3 is 2.40 bits per heavy atom. The van der Waals surface area contributed by atoms with E-state index in [9.17, 15) is 4.79 Å². The second-order valence-corrected chi connectivity index (χ2v) is 8.41. The maximum Gasteiger partial charge on any atom is 0.407 e. The van der Waals surface area contributed by atoms with Crippen molar-refractivity contribution in [2.45, 2.75) is 33.1 Å². The molecule has 1 saturated heterocycles. The topological polar surface area (TPSA) is 43.8 Å². The molecule has 1 N–H and O–H groups in total. The van der Waals surface area contributed by atoms with Crippen LogP contribution in [0, 0.1) is 5.41 Å². The Morgan fingerprint density at radius 1 is 1.16 bits per heavy atom. The van der Waals surface area contributed by atoms with Gasteiger partial charge >= 0.3 is 6.09 Å². The Labute approximate surface area is 155 Å². The predicted octanol–water partition coefficient (Wildman–Crippen LogP) is 4.60. The van der Waals surface area contributed by atoms with Crippen molar-refractivity contribution in [3.8, 4) is 0 Å². The van der Waals surface area contributed by atoms with E-state index in [-0.39, 0.29) is 0 Å². The molecule has 136 valence electrons. The van der Waals surface area contributed by atoms with Gasteiger partial charge in [0, 0.05) is 37.7 Å². The van der Waals surface area contributed by atoms with Gasteiger partial charge in [0.25, 0.3) is 0 Å². The van der Waals surface area contributed by atoms with Gasteiger partial charge in [-0.3, -0.25) is 4.90 Å². The third kappa shape index (κ3) is 4.56. The maximum atomic E-state index is 11.1. The van der Waals surface area contributed by atoms with Gasteiger partial charge in [-0.25, -0.2) is 4.79 Å². The molecule has 2 aliphatic rings. The summed E-state index contributed by atoms with van der Waals surface area (Å²) in [6.45, 7) is 8.44. The predicted molar refractivity (Wildman–Crippen MR) is 102 cm³/mol. The normalized spacial score (nSPS) is 21.5. The zero-order valence-electron chi connectivity index (χ0n) is 15.1. The summed E-state index contributed by atoms with van der Waals surface area (Å²) in [5.41, 5.74) is 4.56. The molecule has 1 heterocycles. The molecule has 0 aromatic heterocycles. The molecule has 0 radical (unpaired) electrons. The molecule has 3 rings (SSSR count). The fraction of sp³-hybridized carbons (Fsp3) is 0.550. The van der Waals surface area contributed by atoms with Gasteiger partial charge in [-0.1, -0.05) is 43.2 Å². The Kier molecular flexibility index (Phi) is 5.40. The van der Waals surface area contributed by atoms with Crippen LogP contribution in [-0.2, 0) is 0 Å². The van der Waals surface area contributed by atoms with Gasteiger partial charge in [-0.05, 0) is 47.9 Å². The van der Waals surface area contributed by atoms with Gasteiger partial charge in [0.15, 0.2) is 0 Å². The van der Waals surface area contributed by atoms with Gasteiger partial charge < -0.3 is 10.0 Å². The first kappa shape index (κ1) is 18.3. The van der Waals surface area contributed by atoms with E-state index < -0.39 is 6.09 Å². The van der Waals surface area contributed by atoms with Crippen LogP contribution in [0.2, 0.25) is 5.02 Å². The molecule has 1 amide bonds. The number of benzene rings is 1. The van der Waals surface area contributed by atoms with Crippen LogP contribution in [0.1, 0.15) is 38.7 Å². The van der Waals surface area contributed by atoms with Crippen LogP contribution in [0.4, 0.5) is 4.79 Å². The number of rotatable bonds is 3. The molecule has 25 heavy (non-hydrogen) atoms. The zero-order valence-corrected chi connectivity index (χ0v) is 15.9. The molecular weight excluding hydrogens is 336 g/mol. The molecule has 0 unspecified atom stereocenters. The third-order valence-electron chi connectivity index (χ3n) is 5.42. The van der Waals surface area contributed by atoms with E-state index >= 15 is 0 Å². The van der Waals surface area contributed by atoms with Crippen molar-refractivity contribution >= 4 is 23.3 Å². The van der Waals surface area contributed by atoms with Crippen molar-refractivity contribution in [1.82, 2.24) is 9.80 Å². The average Bonchev–Trinajstić information content (AvgIpc) is 2.56. The fourth-order valence-corrected chi connectivity index (χ4v) is 4.06. The molecule has 4 nitrogen and oxygen atoms in total. The number of hydrogen-bond acceptors (Lipinski definition) is 2. The van der Waals surface area contributed by atoms with E-state index in [1.165, 1.54) is 28.0 Å². The van der Waals surface area contributed by atoms with Crippen LogP contribution < -0.4 is 0 Å². The molecular formula is C20H27ClN2O2. The van der Waals surface area contributed by atoms with Crippen molar-refractivity contribution in [2.75, 3.05) is 32.7 Å². The molecule has 5 heteroatoms. The molecule has 0 bridgehead atoms. The van der Waals surface area contributed by atoms with Gasteiger partial charge in [0.2, 0.25) is 0 Å². The highest BCUT2D eigenvalue weighted by Gasteiger charge is 2.29. The van der Waals surface area contributed by atoms with E-state index in [0.717, 1.165) is 37.5 Å². The van der Waals surface area contributed by atoms with Crippen LogP contribution in [0.5, 0.6) is 0 Å².